The van der Waals surface area contributed by atoms with Crippen molar-refractivity contribution in [3.63, 3.8) is 0 Å². The van der Waals surface area contributed by atoms with Crippen molar-refractivity contribution in [2.24, 2.45) is 5.84 Å². The third-order valence-corrected chi connectivity index (χ3v) is 3.42. The molecule has 0 amide bonds. The second-order valence-corrected chi connectivity index (χ2v) is 4.38. The first-order chi connectivity index (χ1) is 6.27. The number of rotatable bonds is 3. The smallest absolute Gasteiger partial charge is 0.0662 e. The molecule has 1 aromatic heterocycles. The molecule has 70 valence electrons. The van der Waals surface area contributed by atoms with Crippen LogP contribution in [-0.2, 0) is 0 Å². The van der Waals surface area contributed by atoms with Crippen LogP contribution in [0, 0.1) is 11.8 Å². The van der Waals surface area contributed by atoms with Gasteiger partial charge in [0.1, 0.15) is 0 Å². The highest BCUT2D eigenvalue weighted by atomic mass is 79.9. The summed E-state index contributed by atoms with van der Waals surface area (Å²) in [4.78, 5) is 1.21. The van der Waals surface area contributed by atoms with E-state index >= 15 is 0 Å². The SMILES string of the molecule is CC#CCC(NN)c1cc(Br)cs1. The molecule has 0 fully saturated rings. The van der Waals surface area contributed by atoms with E-state index < -0.39 is 0 Å². The number of halogens is 1. The third-order valence-electron chi connectivity index (χ3n) is 1.62. The average molecular weight is 259 g/mol. The maximum atomic E-state index is 5.43. The van der Waals surface area contributed by atoms with E-state index in [-0.39, 0.29) is 6.04 Å². The Morgan fingerprint density at radius 1 is 1.77 bits per heavy atom. The fraction of sp³-hybridized carbons (Fsp3) is 0.333. The van der Waals surface area contributed by atoms with Gasteiger partial charge < -0.3 is 0 Å². The van der Waals surface area contributed by atoms with Crippen LogP contribution in [0.4, 0.5) is 0 Å². The van der Waals surface area contributed by atoms with E-state index in [0.29, 0.717) is 0 Å². The predicted octanol–water partition coefficient (Wildman–Crippen LogP) is 2.43. The summed E-state index contributed by atoms with van der Waals surface area (Å²) in [6.45, 7) is 1.83. The Morgan fingerprint density at radius 3 is 3.00 bits per heavy atom. The summed E-state index contributed by atoms with van der Waals surface area (Å²) >= 11 is 5.08. The van der Waals surface area contributed by atoms with Crippen molar-refractivity contribution in [3.05, 3.63) is 20.8 Å². The van der Waals surface area contributed by atoms with Crippen molar-refractivity contribution >= 4 is 27.3 Å². The van der Waals surface area contributed by atoms with Gasteiger partial charge in [0.15, 0.2) is 0 Å². The van der Waals surface area contributed by atoms with E-state index in [9.17, 15) is 0 Å². The van der Waals surface area contributed by atoms with Gasteiger partial charge in [-0.05, 0) is 28.9 Å². The summed E-state index contributed by atoms with van der Waals surface area (Å²) in [5, 5.41) is 2.04. The molecule has 3 N–H and O–H groups in total. The lowest BCUT2D eigenvalue weighted by Gasteiger charge is -2.09. The zero-order valence-electron chi connectivity index (χ0n) is 7.30. The zero-order valence-corrected chi connectivity index (χ0v) is 9.71. The minimum absolute atomic E-state index is 0.142. The normalized spacial score (nSPS) is 11.9. The number of hydrogen-bond donors (Lipinski definition) is 2. The molecule has 0 bridgehead atoms. The maximum Gasteiger partial charge on any atom is 0.0662 e. The average Bonchev–Trinajstić information content (AvgIpc) is 2.54. The van der Waals surface area contributed by atoms with Crippen LogP contribution < -0.4 is 11.3 Å². The first kappa shape index (κ1) is 10.7. The Bertz CT molecular complexity index is 324. The van der Waals surface area contributed by atoms with E-state index in [4.69, 9.17) is 5.84 Å². The summed E-state index contributed by atoms with van der Waals surface area (Å²) < 4.78 is 1.09. The number of hydrazine groups is 1. The van der Waals surface area contributed by atoms with Crippen molar-refractivity contribution in [3.8, 4) is 11.8 Å². The molecule has 1 unspecified atom stereocenters. The summed E-state index contributed by atoms with van der Waals surface area (Å²) in [7, 11) is 0. The Labute approximate surface area is 90.6 Å². The van der Waals surface area contributed by atoms with Crippen LogP contribution in [-0.4, -0.2) is 0 Å². The number of thiophene rings is 1. The number of hydrogen-bond acceptors (Lipinski definition) is 3. The van der Waals surface area contributed by atoms with Gasteiger partial charge in [0.2, 0.25) is 0 Å². The largest absolute Gasteiger partial charge is 0.271 e. The van der Waals surface area contributed by atoms with Gasteiger partial charge in [-0.2, -0.15) is 0 Å². The predicted molar refractivity (Wildman–Crippen MR) is 60.2 cm³/mol. The fourth-order valence-corrected chi connectivity index (χ4v) is 2.46. The molecule has 2 nitrogen and oxygen atoms in total. The molecule has 1 atom stereocenters. The molecule has 1 aromatic rings. The summed E-state index contributed by atoms with van der Waals surface area (Å²) in [6.07, 6.45) is 0.750. The molecular weight excluding hydrogens is 248 g/mol. The Morgan fingerprint density at radius 2 is 2.54 bits per heavy atom. The molecule has 1 rings (SSSR count). The highest BCUT2D eigenvalue weighted by molar-refractivity contribution is 9.10. The third kappa shape index (κ3) is 3.12. The molecule has 1 heterocycles. The van der Waals surface area contributed by atoms with Gasteiger partial charge >= 0.3 is 0 Å². The van der Waals surface area contributed by atoms with Crippen molar-refractivity contribution in [2.45, 2.75) is 19.4 Å². The van der Waals surface area contributed by atoms with E-state index in [0.717, 1.165) is 10.9 Å². The first-order valence-electron chi connectivity index (χ1n) is 3.87. The molecule has 0 saturated heterocycles. The van der Waals surface area contributed by atoms with Gasteiger partial charge in [-0.3, -0.25) is 11.3 Å². The van der Waals surface area contributed by atoms with Gasteiger partial charge in [-0.1, -0.05) is 0 Å². The lowest BCUT2D eigenvalue weighted by Crippen LogP contribution is -2.26. The van der Waals surface area contributed by atoms with Crippen molar-refractivity contribution in [2.75, 3.05) is 0 Å². The standard InChI is InChI=1S/C9H11BrN2S/c1-2-3-4-8(12-11)9-5-7(10)6-13-9/h5-6,8,12H,4,11H2,1H3. The van der Waals surface area contributed by atoms with Crippen LogP contribution >= 0.6 is 27.3 Å². The minimum atomic E-state index is 0.142. The quantitative estimate of drug-likeness (QED) is 0.497. The van der Waals surface area contributed by atoms with Crippen LogP contribution in [0.2, 0.25) is 0 Å². The van der Waals surface area contributed by atoms with Crippen LogP contribution in [0.3, 0.4) is 0 Å². The van der Waals surface area contributed by atoms with Gasteiger partial charge in [0.25, 0.3) is 0 Å². The molecule has 0 aliphatic rings. The zero-order chi connectivity index (χ0) is 9.68. The number of nitrogens with two attached hydrogens (primary N) is 1. The first-order valence-corrected chi connectivity index (χ1v) is 5.55. The van der Waals surface area contributed by atoms with Crippen molar-refractivity contribution < 1.29 is 0 Å². The molecular formula is C9H11BrN2S. The van der Waals surface area contributed by atoms with E-state index in [1.807, 2.05) is 12.3 Å². The number of nitrogens with one attached hydrogen (secondary N) is 1. The minimum Gasteiger partial charge on any atom is -0.271 e. The summed E-state index contributed by atoms with van der Waals surface area (Å²) in [6, 6.07) is 2.20. The van der Waals surface area contributed by atoms with Gasteiger partial charge in [0.05, 0.1) is 6.04 Å². The maximum absolute atomic E-state index is 5.43. The summed E-state index contributed by atoms with van der Waals surface area (Å²) in [5.41, 5.74) is 2.75. The van der Waals surface area contributed by atoms with Crippen LogP contribution in [0.15, 0.2) is 15.9 Å². The van der Waals surface area contributed by atoms with Crippen LogP contribution in [0.1, 0.15) is 24.3 Å². The van der Waals surface area contributed by atoms with E-state index in [1.165, 1.54) is 4.88 Å². The highest BCUT2D eigenvalue weighted by Gasteiger charge is 2.09. The molecule has 0 spiro atoms. The molecule has 0 aromatic carbocycles. The molecule has 13 heavy (non-hydrogen) atoms. The Kier molecular flexibility index (Phi) is 4.46. The van der Waals surface area contributed by atoms with E-state index in [1.54, 1.807) is 11.3 Å². The molecule has 0 radical (unpaired) electrons. The summed E-state index contributed by atoms with van der Waals surface area (Å²) in [5.74, 6) is 11.3. The fourth-order valence-electron chi connectivity index (χ4n) is 0.957. The molecule has 0 saturated carbocycles. The van der Waals surface area contributed by atoms with Gasteiger partial charge in [0, 0.05) is 21.2 Å². The van der Waals surface area contributed by atoms with Crippen molar-refractivity contribution in [1.29, 1.82) is 0 Å². The van der Waals surface area contributed by atoms with Gasteiger partial charge in [-0.15, -0.1) is 23.2 Å². The van der Waals surface area contributed by atoms with Crippen LogP contribution in [0.25, 0.3) is 0 Å². The van der Waals surface area contributed by atoms with Crippen molar-refractivity contribution in [1.82, 2.24) is 5.43 Å². The van der Waals surface area contributed by atoms with Crippen LogP contribution in [0.5, 0.6) is 0 Å². The Balaban J connectivity index is 2.70. The second-order valence-electron chi connectivity index (χ2n) is 2.52. The topological polar surface area (TPSA) is 38.0 Å². The lowest BCUT2D eigenvalue weighted by molar-refractivity contribution is 0.577. The molecule has 0 aliphatic heterocycles. The van der Waals surface area contributed by atoms with Gasteiger partial charge in [-0.25, -0.2) is 0 Å². The molecule has 0 aliphatic carbocycles. The highest BCUT2D eigenvalue weighted by Crippen LogP contribution is 2.26. The Hall–Kier alpha value is -0.340. The second kappa shape index (κ2) is 5.40. The lowest BCUT2D eigenvalue weighted by atomic mass is 10.2. The van der Waals surface area contributed by atoms with E-state index in [2.05, 4.69) is 39.3 Å². The molecule has 4 heteroatoms. The monoisotopic (exact) mass is 258 g/mol.